The van der Waals surface area contributed by atoms with Gasteiger partial charge in [-0.25, -0.2) is 0 Å². The molecule has 2 heterocycles. The van der Waals surface area contributed by atoms with Gasteiger partial charge in [0.2, 0.25) is 0 Å². The Hall–Kier alpha value is -3.54. The number of rotatable bonds is 3. The molecule has 7 heteroatoms. The normalized spacial score (nSPS) is 12.5. The van der Waals surface area contributed by atoms with E-state index in [9.17, 15) is 9.59 Å². The number of nitrogens with one attached hydrogen (secondary N) is 1. The van der Waals surface area contributed by atoms with Crippen molar-refractivity contribution in [2.24, 2.45) is 0 Å². The van der Waals surface area contributed by atoms with Crippen LogP contribution in [0.15, 0.2) is 85.1 Å². The number of benzene rings is 3. The van der Waals surface area contributed by atoms with Crippen LogP contribution in [0.2, 0.25) is 10.0 Å². The minimum Gasteiger partial charge on any atom is -0.345 e. The standard InChI is InChI=1S/C26H19Cl2N3O2/c27-22-9-3-2-8-20(22)25(32)29-18-11-12-21(23(28)14-18)26(33)31-16-19-7-5-13-30(19)15-17-6-1-4-10-24(17)31/h1-14H,15-16H2,(H,29,32). The highest BCUT2D eigenvalue weighted by atomic mass is 35.5. The lowest BCUT2D eigenvalue weighted by atomic mass is 10.1. The lowest BCUT2D eigenvalue weighted by Gasteiger charge is -2.23. The molecular weight excluding hydrogens is 457 g/mol. The molecule has 0 aliphatic carbocycles. The molecule has 1 aliphatic heterocycles. The number of fused-ring (bicyclic) bond motifs is 2. The van der Waals surface area contributed by atoms with E-state index >= 15 is 0 Å². The first kappa shape index (κ1) is 21.3. The summed E-state index contributed by atoms with van der Waals surface area (Å²) in [6.07, 6.45) is 2.02. The molecule has 4 aromatic rings. The molecule has 164 valence electrons. The average Bonchev–Trinajstić information content (AvgIpc) is 3.18. The van der Waals surface area contributed by atoms with Crippen LogP contribution in [0.1, 0.15) is 32.0 Å². The first-order valence-electron chi connectivity index (χ1n) is 10.4. The maximum atomic E-state index is 13.6. The molecular formula is C26H19Cl2N3O2. The van der Waals surface area contributed by atoms with E-state index in [4.69, 9.17) is 23.2 Å². The molecule has 0 spiro atoms. The van der Waals surface area contributed by atoms with Crippen LogP contribution in [0.3, 0.4) is 0 Å². The van der Waals surface area contributed by atoms with Crippen molar-refractivity contribution in [3.05, 3.63) is 117 Å². The Balaban J connectivity index is 1.43. The fraction of sp³-hybridized carbons (Fsp3) is 0.0769. The summed E-state index contributed by atoms with van der Waals surface area (Å²) in [6.45, 7) is 1.13. The lowest BCUT2D eigenvalue weighted by Crippen LogP contribution is -2.30. The smallest absolute Gasteiger partial charge is 0.260 e. The number of halogens is 2. The fourth-order valence-corrected chi connectivity index (χ4v) is 4.51. The predicted molar refractivity (Wildman–Crippen MR) is 131 cm³/mol. The maximum Gasteiger partial charge on any atom is 0.260 e. The first-order chi connectivity index (χ1) is 16.0. The van der Waals surface area contributed by atoms with Crippen molar-refractivity contribution in [1.82, 2.24) is 4.57 Å². The second kappa shape index (κ2) is 8.77. The highest BCUT2D eigenvalue weighted by Gasteiger charge is 2.26. The van der Waals surface area contributed by atoms with E-state index in [0.29, 0.717) is 34.9 Å². The van der Waals surface area contributed by atoms with Crippen molar-refractivity contribution < 1.29 is 9.59 Å². The van der Waals surface area contributed by atoms with E-state index in [1.54, 1.807) is 47.4 Å². The van der Waals surface area contributed by atoms with E-state index in [1.807, 2.05) is 42.6 Å². The topological polar surface area (TPSA) is 54.3 Å². The minimum absolute atomic E-state index is 0.203. The molecule has 1 N–H and O–H groups in total. The third-order valence-electron chi connectivity index (χ3n) is 5.69. The van der Waals surface area contributed by atoms with Crippen LogP contribution in [-0.4, -0.2) is 16.4 Å². The monoisotopic (exact) mass is 475 g/mol. The van der Waals surface area contributed by atoms with Gasteiger partial charge in [-0.2, -0.15) is 0 Å². The number of carbonyl (C=O) groups excluding carboxylic acids is 2. The van der Waals surface area contributed by atoms with Crippen molar-refractivity contribution >= 4 is 46.4 Å². The third-order valence-corrected chi connectivity index (χ3v) is 6.33. The van der Waals surface area contributed by atoms with Gasteiger partial charge >= 0.3 is 0 Å². The molecule has 3 aromatic carbocycles. The van der Waals surface area contributed by atoms with Gasteiger partial charge in [-0.1, -0.05) is 53.5 Å². The largest absolute Gasteiger partial charge is 0.345 e. The molecule has 0 saturated heterocycles. The number of para-hydroxylation sites is 1. The van der Waals surface area contributed by atoms with Crippen LogP contribution < -0.4 is 10.2 Å². The van der Waals surface area contributed by atoms with Crippen LogP contribution in [0.4, 0.5) is 11.4 Å². The first-order valence-corrected chi connectivity index (χ1v) is 11.2. The molecule has 0 atom stereocenters. The van der Waals surface area contributed by atoms with Gasteiger partial charge in [0.05, 0.1) is 27.7 Å². The highest BCUT2D eigenvalue weighted by molar-refractivity contribution is 6.35. The van der Waals surface area contributed by atoms with Gasteiger partial charge in [0.15, 0.2) is 0 Å². The molecule has 5 rings (SSSR count). The quantitative estimate of drug-likeness (QED) is 0.380. The number of carbonyl (C=O) groups is 2. The van der Waals surface area contributed by atoms with Crippen LogP contribution in [0.25, 0.3) is 0 Å². The molecule has 0 fully saturated rings. The van der Waals surface area contributed by atoms with Gasteiger partial charge in [-0.15, -0.1) is 0 Å². The van der Waals surface area contributed by atoms with Crippen molar-refractivity contribution in [1.29, 1.82) is 0 Å². The fourth-order valence-electron chi connectivity index (χ4n) is 4.02. The van der Waals surface area contributed by atoms with Crippen LogP contribution >= 0.6 is 23.2 Å². The highest BCUT2D eigenvalue weighted by Crippen LogP contribution is 2.31. The maximum absolute atomic E-state index is 13.6. The molecule has 1 aliphatic rings. The molecule has 33 heavy (non-hydrogen) atoms. The number of hydrogen-bond acceptors (Lipinski definition) is 2. The lowest BCUT2D eigenvalue weighted by molar-refractivity contribution is 0.0984. The summed E-state index contributed by atoms with van der Waals surface area (Å²) in [6, 6.07) is 23.6. The number of hydrogen-bond donors (Lipinski definition) is 1. The van der Waals surface area contributed by atoms with Crippen LogP contribution in [-0.2, 0) is 13.1 Å². The van der Waals surface area contributed by atoms with E-state index in [2.05, 4.69) is 9.88 Å². The van der Waals surface area contributed by atoms with Crippen molar-refractivity contribution in [2.45, 2.75) is 13.1 Å². The molecule has 1 aromatic heterocycles. The second-order valence-electron chi connectivity index (χ2n) is 7.78. The third kappa shape index (κ3) is 4.13. The summed E-state index contributed by atoms with van der Waals surface area (Å²) < 4.78 is 2.14. The van der Waals surface area contributed by atoms with Crippen molar-refractivity contribution in [2.75, 3.05) is 10.2 Å². The number of amides is 2. The van der Waals surface area contributed by atoms with Gasteiger partial charge < -0.3 is 14.8 Å². The van der Waals surface area contributed by atoms with Crippen LogP contribution in [0, 0.1) is 0 Å². The van der Waals surface area contributed by atoms with Gasteiger partial charge in [0, 0.05) is 29.8 Å². The van der Waals surface area contributed by atoms with Crippen molar-refractivity contribution in [3.63, 3.8) is 0 Å². The Bertz CT molecular complexity index is 1380. The SMILES string of the molecule is O=C(Nc1ccc(C(=O)N2Cc3cccn3Cc3ccccc32)c(Cl)c1)c1ccccc1Cl. The van der Waals surface area contributed by atoms with Gasteiger partial charge in [-0.05, 0) is 54.1 Å². The summed E-state index contributed by atoms with van der Waals surface area (Å²) in [5, 5.41) is 3.40. The van der Waals surface area contributed by atoms with Crippen molar-refractivity contribution in [3.8, 4) is 0 Å². The molecule has 0 radical (unpaired) electrons. The van der Waals surface area contributed by atoms with Crippen LogP contribution in [0.5, 0.6) is 0 Å². The Morgan fingerprint density at radius 1 is 0.788 bits per heavy atom. The number of aromatic nitrogens is 1. The molecule has 0 saturated carbocycles. The Labute approximate surface area is 201 Å². The average molecular weight is 476 g/mol. The van der Waals surface area contributed by atoms with Gasteiger partial charge in [-0.3, -0.25) is 9.59 Å². The molecule has 2 amide bonds. The summed E-state index contributed by atoms with van der Waals surface area (Å²) in [4.78, 5) is 27.9. The predicted octanol–water partition coefficient (Wildman–Crippen LogP) is 6.26. The van der Waals surface area contributed by atoms with Gasteiger partial charge in [0.25, 0.3) is 11.8 Å². The van der Waals surface area contributed by atoms with Gasteiger partial charge in [0.1, 0.15) is 0 Å². The zero-order valence-corrected chi connectivity index (χ0v) is 19.0. The van der Waals surface area contributed by atoms with E-state index in [1.165, 1.54) is 0 Å². The Morgan fingerprint density at radius 3 is 2.39 bits per heavy atom. The Morgan fingerprint density at radius 2 is 1.58 bits per heavy atom. The van der Waals surface area contributed by atoms with E-state index in [0.717, 1.165) is 16.9 Å². The summed E-state index contributed by atoms with van der Waals surface area (Å²) >= 11 is 12.6. The Kier molecular flexibility index (Phi) is 5.67. The molecule has 0 unspecified atom stereocenters. The summed E-state index contributed by atoms with van der Waals surface area (Å²) in [5.41, 5.74) is 4.16. The zero-order chi connectivity index (χ0) is 22.9. The summed E-state index contributed by atoms with van der Waals surface area (Å²) in [7, 11) is 0. The molecule has 0 bridgehead atoms. The second-order valence-corrected chi connectivity index (χ2v) is 8.59. The van der Waals surface area contributed by atoms with E-state index < -0.39 is 0 Å². The van der Waals surface area contributed by atoms with E-state index in [-0.39, 0.29) is 16.8 Å². The minimum atomic E-state index is -0.349. The zero-order valence-electron chi connectivity index (χ0n) is 17.5. The number of anilines is 2. The molecule has 5 nitrogen and oxygen atoms in total. The number of nitrogens with zero attached hydrogens (tertiary/aromatic N) is 2. The summed E-state index contributed by atoms with van der Waals surface area (Å²) in [5.74, 6) is -0.552.